The topological polar surface area (TPSA) is 69.7 Å². The number of urea groups is 1. The number of rotatable bonds is 4. The molecule has 6 nitrogen and oxygen atoms in total. The monoisotopic (exact) mass is 407 g/mol. The average molecular weight is 408 g/mol. The lowest BCUT2D eigenvalue weighted by Gasteiger charge is -2.33. The Bertz CT molecular complexity index is 707. The molecule has 134 valence electrons. The summed E-state index contributed by atoms with van der Waals surface area (Å²) in [6.45, 7) is 3.61. The number of nitrogens with one attached hydrogen (secondary N) is 1. The van der Waals surface area contributed by atoms with Gasteiger partial charge in [-0.05, 0) is 50.8 Å². The van der Waals surface area contributed by atoms with Gasteiger partial charge in [0.25, 0.3) is 11.8 Å². The van der Waals surface area contributed by atoms with Crippen molar-refractivity contribution >= 4 is 33.8 Å². The first-order valence-electron chi connectivity index (χ1n) is 8.69. The minimum absolute atomic E-state index is 0.0570. The van der Waals surface area contributed by atoms with E-state index in [0.29, 0.717) is 30.6 Å². The highest BCUT2D eigenvalue weighted by Gasteiger charge is 2.35. The fraction of sp³-hybridized carbons (Fsp3) is 0.500. The van der Waals surface area contributed by atoms with Crippen LogP contribution in [-0.4, -0.2) is 53.3 Å². The SMILES string of the molecule is CC1CCCCN1C(=O)NCCCN1C(=O)c2ccc(Br)cc2C1=O. The van der Waals surface area contributed by atoms with Gasteiger partial charge < -0.3 is 10.2 Å². The molecule has 3 rings (SSSR count). The molecule has 2 heterocycles. The highest BCUT2D eigenvalue weighted by Crippen LogP contribution is 2.26. The number of hydrogen-bond acceptors (Lipinski definition) is 3. The first kappa shape index (κ1) is 17.9. The van der Waals surface area contributed by atoms with E-state index in [9.17, 15) is 14.4 Å². The molecule has 1 unspecified atom stereocenters. The molecule has 1 fully saturated rings. The second-order valence-corrected chi connectivity index (χ2v) is 7.49. The van der Waals surface area contributed by atoms with E-state index in [1.54, 1.807) is 18.2 Å². The average Bonchev–Trinajstić information content (AvgIpc) is 2.83. The number of hydrogen-bond donors (Lipinski definition) is 1. The first-order valence-corrected chi connectivity index (χ1v) is 9.48. The summed E-state index contributed by atoms with van der Waals surface area (Å²) in [5.41, 5.74) is 0.880. The minimum atomic E-state index is -0.266. The van der Waals surface area contributed by atoms with Crippen LogP contribution in [0.15, 0.2) is 22.7 Å². The van der Waals surface area contributed by atoms with Crippen molar-refractivity contribution in [3.63, 3.8) is 0 Å². The van der Waals surface area contributed by atoms with Gasteiger partial charge in [-0.1, -0.05) is 15.9 Å². The first-order chi connectivity index (χ1) is 12.0. The fourth-order valence-corrected chi connectivity index (χ4v) is 3.76. The Morgan fingerprint density at radius 1 is 1.24 bits per heavy atom. The zero-order valence-electron chi connectivity index (χ0n) is 14.3. The molecule has 1 atom stereocenters. The molecule has 25 heavy (non-hydrogen) atoms. The van der Waals surface area contributed by atoms with Gasteiger partial charge in [-0.25, -0.2) is 4.79 Å². The second-order valence-electron chi connectivity index (χ2n) is 6.58. The van der Waals surface area contributed by atoms with Gasteiger partial charge in [0.15, 0.2) is 0 Å². The number of nitrogens with zero attached hydrogens (tertiary/aromatic N) is 2. The highest BCUT2D eigenvalue weighted by atomic mass is 79.9. The van der Waals surface area contributed by atoms with E-state index in [2.05, 4.69) is 28.2 Å². The van der Waals surface area contributed by atoms with Crippen molar-refractivity contribution in [1.82, 2.24) is 15.1 Å². The van der Waals surface area contributed by atoms with Crippen LogP contribution in [-0.2, 0) is 0 Å². The van der Waals surface area contributed by atoms with E-state index in [1.807, 2.05) is 4.90 Å². The Morgan fingerprint density at radius 3 is 2.76 bits per heavy atom. The Kier molecular flexibility index (Phi) is 5.42. The summed E-state index contributed by atoms with van der Waals surface area (Å²) in [6.07, 6.45) is 3.79. The highest BCUT2D eigenvalue weighted by molar-refractivity contribution is 9.10. The predicted molar refractivity (Wildman–Crippen MR) is 97.5 cm³/mol. The third kappa shape index (κ3) is 3.71. The Labute approximate surface area is 155 Å². The lowest BCUT2D eigenvalue weighted by molar-refractivity contribution is 0.0653. The molecule has 0 spiro atoms. The van der Waals surface area contributed by atoms with Crippen LogP contribution < -0.4 is 5.32 Å². The van der Waals surface area contributed by atoms with E-state index >= 15 is 0 Å². The number of likely N-dealkylation sites (tertiary alicyclic amines) is 1. The Balaban J connectivity index is 1.49. The van der Waals surface area contributed by atoms with Crippen molar-refractivity contribution in [1.29, 1.82) is 0 Å². The number of imide groups is 1. The molecule has 2 aliphatic heterocycles. The summed E-state index contributed by atoms with van der Waals surface area (Å²) in [4.78, 5) is 40.0. The maximum absolute atomic E-state index is 12.4. The van der Waals surface area contributed by atoms with Crippen LogP contribution in [0.4, 0.5) is 4.79 Å². The third-order valence-electron chi connectivity index (χ3n) is 4.83. The van der Waals surface area contributed by atoms with Crippen molar-refractivity contribution in [2.24, 2.45) is 0 Å². The van der Waals surface area contributed by atoms with Crippen LogP contribution in [0.1, 0.15) is 53.3 Å². The van der Waals surface area contributed by atoms with Crippen molar-refractivity contribution in [3.8, 4) is 0 Å². The van der Waals surface area contributed by atoms with Crippen LogP contribution in [0.3, 0.4) is 0 Å². The predicted octanol–water partition coefficient (Wildman–Crippen LogP) is 3.02. The van der Waals surface area contributed by atoms with Gasteiger partial charge in [0.05, 0.1) is 11.1 Å². The number of fused-ring (bicyclic) bond motifs is 1. The van der Waals surface area contributed by atoms with Crippen LogP contribution >= 0.6 is 15.9 Å². The van der Waals surface area contributed by atoms with Crippen LogP contribution in [0, 0.1) is 0 Å². The normalized spacial score (nSPS) is 20.0. The van der Waals surface area contributed by atoms with E-state index in [0.717, 1.165) is 23.9 Å². The molecule has 4 amide bonds. The van der Waals surface area contributed by atoms with Gasteiger partial charge >= 0.3 is 6.03 Å². The lowest BCUT2D eigenvalue weighted by Crippen LogP contribution is -2.48. The summed E-state index contributed by atoms with van der Waals surface area (Å²) in [7, 11) is 0. The molecular formula is C18H22BrN3O3. The summed E-state index contributed by atoms with van der Waals surface area (Å²) in [5, 5.41) is 2.90. The van der Waals surface area contributed by atoms with Crippen molar-refractivity contribution in [2.75, 3.05) is 19.6 Å². The minimum Gasteiger partial charge on any atom is -0.338 e. The van der Waals surface area contributed by atoms with Gasteiger partial charge in [0.2, 0.25) is 0 Å². The summed E-state index contributed by atoms with van der Waals surface area (Å²) < 4.78 is 0.775. The number of benzene rings is 1. The largest absolute Gasteiger partial charge is 0.338 e. The van der Waals surface area contributed by atoms with E-state index in [4.69, 9.17) is 0 Å². The zero-order valence-corrected chi connectivity index (χ0v) is 15.8. The molecule has 0 saturated carbocycles. The second kappa shape index (κ2) is 7.56. The van der Waals surface area contributed by atoms with Crippen molar-refractivity contribution in [2.45, 2.75) is 38.6 Å². The van der Waals surface area contributed by atoms with E-state index < -0.39 is 0 Å². The molecule has 1 aromatic carbocycles. The molecule has 1 N–H and O–H groups in total. The zero-order chi connectivity index (χ0) is 18.0. The quantitative estimate of drug-likeness (QED) is 0.615. The van der Waals surface area contributed by atoms with Gasteiger partial charge in [-0.2, -0.15) is 0 Å². The molecule has 1 saturated heterocycles. The molecule has 1 aromatic rings. The van der Waals surface area contributed by atoms with Crippen molar-refractivity contribution in [3.05, 3.63) is 33.8 Å². The fourth-order valence-electron chi connectivity index (χ4n) is 3.40. The number of carbonyl (C=O) groups excluding carboxylic acids is 3. The van der Waals surface area contributed by atoms with Gasteiger partial charge in [0.1, 0.15) is 0 Å². The molecule has 7 heteroatoms. The molecule has 0 bridgehead atoms. The van der Waals surface area contributed by atoms with Crippen LogP contribution in [0.5, 0.6) is 0 Å². The molecule has 2 aliphatic rings. The van der Waals surface area contributed by atoms with Crippen LogP contribution in [0.25, 0.3) is 0 Å². The number of piperidine rings is 1. The van der Waals surface area contributed by atoms with Gasteiger partial charge in [-0.15, -0.1) is 0 Å². The number of amides is 4. The van der Waals surface area contributed by atoms with Gasteiger partial charge in [-0.3, -0.25) is 14.5 Å². The van der Waals surface area contributed by atoms with Crippen LogP contribution in [0.2, 0.25) is 0 Å². The number of halogens is 1. The molecular weight excluding hydrogens is 386 g/mol. The lowest BCUT2D eigenvalue weighted by atomic mass is 10.0. The van der Waals surface area contributed by atoms with E-state index in [1.165, 1.54) is 11.3 Å². The third-order valence-corrected chi connectivity index (χ3v) is 5.32. The van der Waals surface area contributed by atoms with Crippen molar-refractivity contribution < 1.29 is 14.4 Å². The standard InChI is InChI=1S/C18H22BrN3O3/c1-12-5-2-3-9-21(12)18(25)20-8-4-10-22-16(23)14-7-6-13(19)11-15(14)17(22)24/h6-7,11-12H,2-5,8-10H2,1H3,(H,20,25). The maximum atomic E-state index is 12.4. The number of carbonyl (C=O) groups is 3. The molecule has 0 radical (unpaired) electrons. The van der Waals surface area contributed by atoms with E-state index in [-0.39, 0.29) is 23.9 Å². The summed E-state index contributed by atoms with van der Waals surface area (Å²) >= 11 is 3.32. The summed E-state index contributed by atoms with van der Waals surface area (Å²) in [5.74, 6) is -0.527. The maximum Gasteiger partial charge on any atom is 0.317 e. The molecule has 0 aliphatic carbocycles. The Morgan fingerprint density at radius 2 is 2.00 bits per heavy atom. The summed E-state index contributed by atoms with van der Waals surface area (Å²) in [6, 6.07) is 5.31. The Hall–Kier alpha value is -1.89. The smallest absolute Gasteiger partial charge is 0.317 e. The molecule has 0 aromatic heterocycles. The van der Waals surface area contributed by atoms with Gasteiger partial charge in [0, 0.05) is 30.1 Å².